The summed E-state index contributed by atoms with van der Waals surface area (Å²) in [5, 5.41) is 16.0. The van der Waals surface area contributed by atoms with Gasteiger partial charge in [-0.25, -0.2) is 13.5 Å². The summed E-state index contributed by atoms with van der Waals surface area (Å²) in [7, 11) is 0. The second-order valence-corrected chi connectivity index (χ2v) is 4.88. The molecule has 2 N–H and O–H groups in total. The van der Waals surface area contributed by atoms with E-state index in [1.165, 1.54) is 23.1 Å². The molecule has 0 saturated carbocycles. The average molecular weight is 309 g/mol. The number of benzene rings is 1. The molecule has 0 fully saturated rings. The van der Waals surface area contributed by atoms with Crippen molar-refractivity contribution in [2.75, 3.05) is 6.54 Å². The van der Waals surface area contributed by atoms with Crippen LogP contribution in [0.4, 0.5) is 8.78 Å². The van der Waals surface area contributed by atoms with Crippen LogP contribution in [0, 0.1) is 11.6 Å². The third-order valence-corrected chi connectivity index (χ3v) is 3.24. The summed E-state index contributed by atoms with van der Waals surface area (Å²) in [6, 6.07) is 3.12. The largest absolute Gasteiger partial charge is 0.393 e. The van der Waals surface area contributed by atoms with E-state index in [0.29, 0.717) is 19.4 Å². The normalized spacial score (nSPS) is 12.2. The maximum Gasteiger partial charge on any atom is 0.254 e. The van der Waals surface area contributed by atoms with E-state index in [0.717, 1.165) is 12.1 Å². The van der Waals surface area contributed by atoms with E-state index in [4.69, 9.17) is 0 Å². The van der Waals surface area contributed by atoms with Crippen LogP contribution in [-0.4, -0.2) is 33.4 Å². The second kappa shape index (κ2) is 7.13. The van der Waals surface area contributed by atoms with Crippen LogP contribution in [0.2, 0.25) is 0 Å². The fourth-order valence-electron chi connectivity index (χ4n) is 1.90. The standard InChI is InChI=1S/C15H17F2N3O2/c1-2-12(21)5-6-18-15(22)10-8-19-20(9-10)14-4-3-11(16)7-13(14)17/h3-4,7-9,12,21H,2,5-6H2,1H3,(H,18,22). The number of rotatable bonds is 6. The lowest BCUT2D eigenvalue weighted by molar-refractivity contribution is 0.0942. The van der Waals surface area contributed by atoms with E-state index in [2.05, 4.69) is 10.4 Å². The smallest absolute Gasteiger partial charge is 0.254 e. The van der Waals surface area contributed by atoms with E-state index in [-0.39, 0.29) is 17.2 Å². The molecule has 2 rings (SSSR count). The van der Waals surface area contributed by atoms with Gasteiger partial charge in [-0.1, -0.05) is 6.92 Å². The van der Waals surface area contributed by atoms with Gasteiger partial charge >= 0.3 is 0 Å². The average Bonchev–Trinajstić information content (AvgIpc) is 2.96. The summed E-state index contributed by atoms with van der Waals surface area (Å²) in [5.74, 6) is -1.81. The summed E-state index contributed by atoms with van der Waals surface area (Å²) >= 11 is 0. The first kappa shape index (κ1) is 16.1. The number of amides is 1. The zero-order chi connectivity index (χ0) is 16.1. The van der Waals surface area contributed by atoms with Gasteiger partial charge in [-0.2, -0.15) is 5.10 Å². The van der Waals surface area contributed by atoms with Crippen LogP contribution >= 0.6 is 0 Å². The van der Waals surface area contributed by atoms with Gasteiger partial charge in [-0.3, -0.25) is 4.79 Å². The monoisotopic (exact) mass is 309 g/mol. The molecule has 1 amide bonds. The van der Waals surface area contributed by atoms with Gasteiger partial charge in [0.1, 0.15) is 11.5 Å². The molecule has 0 aliphatic carbocycles. The Balaban J connectivity index is 2.03. The van der Waals surface area contributed by atoms with Gasteiger partial charge in [0.2, 0.25) is 0 Å². The molecule has 5 nitrogen and oxygen atoms in total. The Labute approximate surface area is 126 Å². The van der Waals surface area contributed by atoms with Crippen molar-refractivity contribution in [3.05, 3.63) is 47.8 Å². The van der Waals surface area contributed by atoms with Gasteiger partial charge in [0.25, 0.3) is 5.91 Å². The maximum atomic E-state index is 13.6. The van der Waals surface area contributed by atoms with Gasteiger partial charge in [0.05, 0.1) is 17.9 Å². The van der Waals surface area contributed by atoms with Crippen LogP contribution in [0.3, 0.4) is 0 Å². The minimum Gasteiger partial charge on any atom is -0.393 e. The van der Waals surface area contributed by atoms with Gasteiger partial charge in [0, 0.05) is 18.8 Å². The number of carbonyl (C=O) groups is 1. The molecule has 0 aliphatic heterocycles. The minimum atomic E-state index is -0.763. The molecule has 22 heavy (non-hydrogen) atoms. The van der Waals surface area contributed by atoms with Crippen molar-refractivity contribution in [3.8, 4) is 5.69 Å². The van der Waals surface area contributed by atoms with Crippen LogP contribution in [-0.2, 0) is 0 Å². The Morgan fingerprint density at radius 2 is 2.23 bits per heavy atom. The third-order valence-electron chi connectivity index (χ3n) is 3.24. The van der Waals surface area contributed by atoms with Crippen molar-refractivity contribution >= 4 is 5.91 Å². The fraction of sp³-hybridized carbons (Fsp3) is 0.333. The highest BCUT2D eigenvalue weighted by atomic mass is 19.1. The Hall–Kier alpha value is -2.28. The highest BCUT2D eigenvalue weighted by molar-refractivity contribution is 5.93. The van der Waals surface area contributed by atoms with Crippen LogP contribution in [0.25, 0.3) is 5.69 Å². The molecule has 0 radical (unpaired) electrons. The van der Waals surface area contributed by atoms with Crippen LogP contribution < -0.4 is 5.32 Å². The molecule has 1 aromatic heterocycles. The number of aromatic nitrogens is 2. The molecule has 0 bridgehead atoms. The van der Waals surface area contributed by atoms with Crippen molar-refractivity contribution in [1.29, 1.82) is 0 Å². The Morgan fingerprint density at radius 3 is 2.91 bits per heavy atom. The Bertz CT molecular complexity index is 658. The molecule has 0 saturated heterocycles. The maximum absolute atomic E-state index is 13.6. The van der Waals surface area contributed by atoms with Gasteiger partial charge < -0.3 is 10.4 Å². The van der Waals surface area contributed by atoms with Crippen molar-refractivity contribution < 1.29 is 18.7 Å². The zero-order valence-electron chi connectivity index (χ0n) is 12.1. The first-order valence-corrected chi connectivity index (χ1v) is 6.97. The number of nitrogens with one attached hydrogen (secondary N) is 1. The summed E-state index contributed by atoms with van der Waals surface area (Å²) in [5.41, 5.74) is 0.316. The zero-order valence-corrected chi connectivity index (χ0v) is 12.1. The van der Waals surface area contributed by atoms with Crippen LogP contribution in [0.5, 0.6) is 0 Å². The lowest BCUT2D eigenvalue weighted by Crippen LogP contribution is -2.26. The molecule has 0 spiro atoms. The molecule has 1 heterocycles. The quantitative estimate of drug-likeness (QED) is 0.858. The van der Waals surface area contributed by atoms with Gasteiger partial charge in [-0.15, -0.1) is 0 Å². The lowest BCUT2D eigenvalue weighted by atomic mass is 10.2. The number of halogens is 2. The molecule has 1 unspecified atom stereocenters. The third kappa shape index (κ3) is 3.88. The molecule has 2 aromatic rings. The van der Waals surface area contributed by atoms with E-state index in [9.17, 15) is 18.7 Å². The molecule has 1 aromatic carbocycles. The molecular formula is C15H17F2N3O2. The first-order chi connectivity index (χ1) is 10.5. The van der Waals surface area contributed by atoms with Crippen molar-refractivity contribution in [1.82, 2.24) is 15.1 Å². The summed E-state index contributed by atoms with van der Waals surface area (Å²) < 4.78 is 27.7. The topological polar surface area (TPSA) is 67.2 Å². The number of hydrogen-bond acceptors (Lipinski definition) is 3. The fourth-order valence-corrected chi connectivity index (χ4v) is 1.90. The molecular weight excluding hydrogens is 292 g/mol. The number of carbonyl (C=O) groups excluding carboxylic acids is 1. The van der Waals surface area contributed by atoms with Gasteiger partial charge in [0.15, 0.2) is 5.82 Å². The van der Waals surface area contributed by atoms with E-state index in [1.807, 2.05) is 6.92 Å². The van der Waals surface area contributed by atoms with Crippen molar-refractivity contribution in [2.24, 2.45) is 0 Å². The molecule has 0 aliphatic rings. The minimum absolute atomic E-state index is 0.0573. The highest BCUT2D eigenvalue weighted by Gasteiger charge is 2.12. The second-order valence-electron chi connectivity index (χ2n) is 4.88. The number of aliphatic hydroxyl groups excluding tert-OH is 1. The lowest BCUT2D eigenvalue weighted by Gasteiger charge is -2.07. The van der Waals surface area contributed by atoms with Crippen LogP contribution in [0.15, 0.2) is 30.6 Å². The summed E-state index contributed by atoms with van der Waals surface area (Å²) in [6.45, 7) is 2.19. The van der Waals surface area contributed by atoms with E-state index < -0.39 is 17.7 Å². The predicted molar refractivity (Wildman–Crippen MR) is 76.7 cm³/mol. The number of nitrogens with zero attached hydrogens (tertiary/aromatic N) is 2. The summed E-state index contributed by atoms with van der Waals surface area (Å²) in [4.78, 5) is 11.9. The van der Waals surface area contributed by atoms with Crippen molar-refractivity contribution in [2.45, 2.75) is 25.9 Å². The van der Waals surface area contributed by atoms with Crippen molar-refractivity contribution in [3.63, 3.8) is 0 Å². The van der Waals surface area contributed by atoms with Gasteiger partial charge in [-0.05, 0) is 25.0 Å². The SMILES string of the molecule is CCC(O)CCNC(=O)c1cnn(-c2ccc(F)cc2F)c1. The van der Waals surface area contributed by atoms with E-state index >= 15 is 0 Å². The Morgan fingerprint density at radius 1 is 1.45 bits per heavy atom. The summed E-state index contributed by atoms with van der Waals surface area (Å²) in [6.07, 6.45) is 3.30. The number of hydrogen-bond donors (Lipinski definition) is 2. The Kier molecular flexibility index (Phi) is 5.21. The molecule has 7 heteroatoms. The number of aliphatic hydroxyl groups is 1. The first-order valence-electron chi connectivity index (χ1n) is 6.97. The molecule has 1 atom stereocenters. The molecule has 118 valence electrons. The van der Waals surface area contributed by atoms with Crippen LogP contribution in [0.1, 0.15) is 30.1 Å². The highest BCUT2D eigenvalue weighted by Crippen LogP contribution is 2.14. The predicted octanol–water partition coefficient (Wildman–Crippen LogP) is 2.04. The van der Waals surface area contributed by atoms with E-state index in [1.54, 1.807) is 0 Å².